The van der Waals surface area contributed by atoms with E-state index in [1.807, 2.05) is 38.0 Å². The first kappa shape index (κ1) is 14.5. The number of nitrogens with zero attached hydrogens (tertiary/aromatic N) is 3. The van der Waals surface area contributed by atoms with Crippen molar-refractivity contribution in [1.29, 1.82) is 0 Å². The fourth-order valence-electron chi connectivity index (χ4n) is 3.50. The van der Waals surface area contributed by atoms with E-state index in [0.717, 1.165) is 19.6 Å². The van der Waals surface area contributed by atoms with Crippen LogP contribution in [0.5, 0.6) is 0 Å². The summed E-state index contributed by atoms with van der Waals surface area (Å²) in [6.07, 6.45) is 3.93. The van der Waals surface area contributed by atoms with E-state index < -0.39 is 0 Å². The molecule has 0 spiro atoms. The third-order valence-electron chi connectivity index (χ3n) is 4.48. The summed E-state index contributed by atoms with van der Waals surface area (Å²) in [5.41, 5.74) is 0.824. The van der Waals surface area contributed by atoms with E-state index in [9.17, 15) is 4.79 Å². The Labute approximate surface area is 125 Å². The van der Waals surface area contributed by atoms with Crippen LogP contribution in [0.2, 0.25) is 0 Å². The van der Waals surface area contributed by atoms with E-state index in [1.165, 1.54) is 5.56 Å². The molecule has 2 aliphatic heterocycles. The van der Waals surface area contributed by atoms with Crippen LogP contribution in [0.25, 0.3) is 0 Å². The van der Waals surface area contributed by atoms with Gasteiger partial charge in [-0.05, 0) is 13.8 Å². The van der Waals surface area contributed by atoms with Gasteiger partial charge in [0.1, 0.15) is 0 Å². The van der Waals surface area contributed by atoms with Crippen LogP contribution < -0.4 is 5.32 Å². The summed E-state index contributed by atoms with van der Waals surface area (Å²) < 4.78 is 7.43. The minimum absolute atomic E-state index is 0.147. The molecule has 116 valence electrons. The smallest absolute Gasteiger partial charge is 0.230 e. The summed E-state index contributed by atoms with van der Waals surface area (Å²) in [6, 6.07) is 0.167. The fraction of sp³-hybridized carbons (Fsp3) is 0.733. The summed E-state index contributed by atoms with van der Waals surface area (Å²) in [5, 5.41) is 7.28. The van der Waals surface area contributed by atoms with Crippen molar-refractivity contribution in [2.75, 3.05) is 26.3 Å². The van der Waals surface area contributed by atoms with Crippen LogP contribution in [0.4, 0.5) is 0 Å². The Morgan fingerprint density at radius 2 is 2.43 bits per heavy atom. The van der Waals surface area contributed by atoms with Gasteiger partial charge >= 0.3 is 0 Å². The third kappa shape index (κ3) is 2.70. The van der Waals surface area contributed by atoms with Gasteiger partial charge in [-0.15, -0.1) is 0 Å². The zero-order valence-corrected chi connectivity index (χ0v) is 13.0. The number of hydrogen-bond donors (Lipinski definition) is 1. The Morgan fingerprint density at radius 1 is 1.62 bits per heavy atom. The number of ether oxygens (including phenoxy) is 1. The van der Waals surface area contributed by atoms with Crippen LogP contribution in [0.1, 0.15) is 19.4 Å². The first-order chi connectivity index (χ1) is 9.99. The van der Waals surface area contributed by atoms with Gasteiger partial charge in [0.15, 0.2) is 0 Å². The average Bonchev–Trinajstić information content (AvgIpc) is 3.03. The molecule has 0 bridgehead atoms. The lowest BCUT2D eigenvalue weighted by Crippen LogP contribution is -2.48. The van der Waals surface area contributed by atoms with E-state index in [2.05, 4.69) is 15.3 Å². The van der Waals surface area contributed by atoms with Crippen LogP contribution in [0.3, 0.4) is 0 Å². The molecule has 1 aromatic heterocycles. The van der Waals surface area contributed by atoms with E-state index >= 15 is 0 Å². The number of carbonyl (C=O) groups is 1. The maximum absolute atomic E-state index is 12.6. The zero-order valence-electron chi connectivity index (χ0n) is 13.0. The number of aromatic nitrogens is 2. The van der Waals surface area contributed by atoms with Gasteiger partial charge in [0.25, 0.3) is 0 Å². The lowest BCUT2D eigenvalue weighted by molar-refractivity contribution is -0.132. The molecular formula is C15H24N4O2. The van der Waals surface area contributed by atoms with Gasteiger partial charge in [-0.25, -0.2) is 0 Å². The van der Waals surface area contributed by atoms with E-state index in [4.69, 9.17) is 4.74 Å². The highest BCUT2D eigenvalue weighted by atomic mass is 16.5. The second kappa shape index (κ2) is 5.42. The van der Waals surface area contributed by atoms with Gasteiger partial charge in [0.2, 0.25) is 5.91 Å². The fourth-order valence-corrected chi connectivity index (χ4v) is 3.50. The SMILES string of the molecule is CC(C)NC(=O)[C@]12COC[C@H]1CN(Cc1cnn(C)c1)C2. The molecular weight excluding hydrogens is 268 g/mol. The minimum Gasteiger partial charge on any atom is -0.380 e. The van der Waals surface area contributed by atoms with Crippen LogP contribution in [0.15, 0.2) is 12.4 Å². The largest absolute Gasteiger partial charge is 0.380 e. The second-order valence-electron chi connectivity index (χ2n) is 6.69. The third-order valence-corrected chi connectivity index (χ3v) is 4.48. The quantitative estimate of drug-likeness (QED) is 0.872. The highest BCUT2D eigenvalue weighted by molar-refractivity contribution is 5.84. The van der Waals surface area contributed by atoms with Crippen LogP contribution in [-0.2, 0) is 23.1 Å². The standard InChI is InChI=1S/C15H24N4O2/c1-11(2)17-14(20)15-9-19(7-13(15)8-21-10-15)6-12-4-16-18(3)5-12/h4-5,11,13H,6-10H2,1-3H3,(H,17,20)/t13-,15-/m1/s1. The molecule has 2 aliphatic rings. The molecule has 0 saturated carbocycles. The van der Waals surface area contributed by atoms with Gasteiger partial charge < -0.3 is 10.1 Å². The van der Waals surface area contributed by atoms with Crippen LogP contribution >= 0.6 is 0 Å². The summed E-state index contributed by atoms with van der Waals surface area (Å²) in [4.78, 5) is 15.0. The normalized spacial score (nSPS) is 29.0. The van der Waals surface area contributed by atoms with Crippen molar-refractivity contribution in [2.45, 2.75) is 26.4 Å². The predicted octanol–water partition coefficient (Wildman–Crippen LogP) is 0.393. The Bertz CT molecular complexity index is 527. The number of likely N-dealkylation sites (tertiary alicyclic amines) is 1. The molecule has 1 aromatic rings. The molecule has 0 aliphatic carbocycles. The zero-order chi connectivity index (χ0) is 15.0. The van der Waals surface area contributed by atoms with Crippen LogP contribution in [0, 0.1) is 11.3 Å². The minimum atomic E-state index is -0.369. The first-order valence-electron chi connectivity index (χ1n) is 7.58. The molecule has 2 fully saturated rings. The number of amides is 1. The molecule has 21 heavy (non-hydrogen) atoms. The van der Waals surface area contributed by atoms with E-state index in [-0.39, 0.29) is 17.4 Å². The lowest BCUT2D eigenvalue weighted by Gasteiger charge is -2.27. The summed E-state index contributed by atoms with van der Waals surface area (Å²) in [5.74, 6) is 0.446. The molecule has 0 unspecified atom stereocenters. The Balaban J connectivity index is 1.71. The number of nitrogens with one attached hydrogen (secondary N) is 1. The molecule has 2 atom stereocenters. The Kier molecular flexibility index (Phi) is 3.75. The number of rotatable bonds is 4. The summed E-state index contributed by atoms with van der Waals surface area (Å²) in [6.45, 7) is 7.77. The van der Waals surface area contributed by atoms with Crippen molar-refractivity contribution in [3.05, 3.63) is 18.0 Å². The molecule has 6 heteroatoms. The molecule has 1 amide bonds. The lowest BCUT2D eigenvalue weighted by atomic mass is 9.80. The number of aryl methyl sites for hydroxylation is 1. The Morgan fingerprint density at radius 3 is 3.10 bits per heavy atom. The molecule has 3 heterocycles. The van der Waals surface area contributed by atoms with Gasteiger partial charge in [-0.3, -0.25) is 14.4 Å². The van der Waals surface area contributed by atoms with Gasteiger partial charge in [-0.1, -0.05) is 0 Å². The Hall–Kier alpha value is -1.40. The molecule has 2 saturated heterocycles. The molecule has 0 aromatic carbocycles. The molecule has 6 nitrogen and oxygen atoms in total. The predicted molar refractivity (Wildman–Crippen MR) is 78.5 cm³/mol. The van der Waals surface area contributed by atoms with Crippen molar-refractivity contribution in [2.24, 2.45) is 18.4 Å². The number of hydrogen-bond acceptors (Lipinski definition) is 4. The van der Waals surface area contributed by atoms with Crippen molar-refractivity contribution in [1.82, 2.24) is 20.0 Å². The van der Waals surface area contributed by atoms with Crippen molar-refractivity contribution in [3.63, 3.8) is 0 Å². The van der Waals surface area contributed by atoms with Crippen molar-refractivity contribution in [3.8, 4) is 0 Å². The van der Waals surface area contributed by atoms with E-state index in [1.54, 1.807) is 0 Å². The van der Waals surface area contributed by atoms with Crippen molar-refractivity contribution >= 4 is 5.91 Å². The van der Waals surface area contributed by atoms with E-state index in [0.29, 0.717) is 19.1 Å². The molecule has 3 rings (SSSR count). The topological polar surface area (TPSA) is 59.4 Å². The average molecular weight is 292 g/mol. The van der Waals surface area contributed by atoms with Gasteiger partial charge in [0, 0.05) is 50.4 Å². The second-order valence-corrected chi connectivity index (χ2v) is 6.69. The number of carbonyl (C=O) groups excluding carboxylic acids is 1. The monoisotopic (exact) mass is 292 g/mol. The number of fused-ring (bicyclic) bond motifs is 1. The maximum Gasteiger partial charge on any atom is 0.230 e. The van der Waals surface area contributed by atoms with Gasteiger partial charge in [0.05, 0.1) is 24.8 Å². The highest BCUT2D eigenvalue weighted by Crippen LogP contribution is 2.42. The summed E-state index contributed by atoms with van der Waals surface area (Å²) in [7, 11) is 1.92. The molecule has 1 N–H and O–H groups in total. The maximum atomic E-state index is 12.6. The molecule has 0 radical (unpaired) electrons. The first-order valence-corrected chi connectivity index (χ1v) is 7.58. The highest BCUT2D eigenvalue weighted by Gasteiger charge is 2.55. The van der Waals surface area contributed by atoms with Gasteiger partial charge in [-0.2, -0.15) is 5.10 Å². The van der Waals surface area contributed by atoms with Crippen LogP contribution in [-0.4, -0.2) is 52.9 Å². The van der Waals surface area contributed by atoms with Crippen molar-refractivity contribution < 1.29 is 9.53 Å². The summed E-state index contributed by atoms with van der Waals surface area (Å²) >= 11 is 0.